The van der Waals surface area contributed by atoms with Gasteiger partial charge in [-0.05, 0) is 62.9 Å². The molecule has 2 saturated heterocycles. The first-order valence-corrected chi connectivity index (χ1v) is 12.9. The number of hydrogen-bond acceptors (Lipinski definition) is 8. The molecular weight excluding hydrogens is 454 g/mol. The maximum atomic E-state index is 5.43. The standard InChI is InChI=1S/C26H33N9O/c1-18-7-10-33(11-8-18)20-4-3-9-34(16-20)26-6-5-19(28-31-26)15-35-17-25(30-32-35)22-12-21(36-2)13-24-23(22)14-27-29-24/h5-6,12-14,17-18,20H,3-4,7-11,15-16H2,1-2H3,(H,27,29). The molecule has 1 atom stereocenters. The summed E-state index contributed by atoms with van der Waals surface area (Å²) < 4.78 is 7.23. The highest BCUT2D eigenvalue weighted by atomic mass is 16.5. The van der Waals surface area contributed by atoms with E-state index < -0.39 is 0 Å². The molecule has 5 heterocycles. The molecule has 36 heavy (non-hydrogen) atoms. The number of methoxy groups -OCH3 is 1. The van der Waals surface area contributed by atoms with Crippen LogP contribution in [0.2, 0.25) is 0 Å². The van der Waals surface area contributed by atoms with Crippen LogP contribution in [0, 0.1) is 5.92 Å². The zero-order valence-electron chi connectivity index (χ0n) is 21.0. The van der Waals surface area contributed by atoms with Gasteiger partial charge in [-0.15, -0.1) is 10.2 Å². The normalized spacial score (nSPS) is 19.7. The molecule has 3 aromatic heterocycles. The van der Waals surface area contributed by atoms with Crippen LogP contribution in [-0.2, 0) is 6.54 Å². The number of piperidine rings is 2. The number of benzene rings is 1. The first-order valence-electron chi connectivity index (χ1n) is 12.9. The number of ether oxygens (including phenoxy) is 1. The zero-order chi connectivity index (χ0) is 24.5. The molecule has 0 bridgehead atoms. The molecule has 10 nitrogen and oxygen atoms in total. The number of hydrogen-bond donors (Lipinski definition) is 1. The number of anilines is 1. The summed E-state index contributed by atoms with van der Waals surface area (Å²) in [4.78, 5) is 5.09. The van der Waals surface area contributed by atoms with Crippen molar-refractivity contribution in [3.63, 3.8) is 0 Å². The number of nitrogens with zero attached hydrogens (tertiary/aromatic N) is 8. The van der Waals surface area contributed by atoms with Gasteiger partial charge < -0.3 is 9.64 Å². The summed E-state index contributed by atoms with van der Waals surface area (Å²) in [7, 11) is 1.65. The lowest BCUT2D eigenvalue weighted by Crippen LogP contribution is -2.50. The molecular formula is C26H33N9O. The van der Waals surface area contributed by atoms with E-state index in [4.69, 9.17) is 4.74 Å². The van der Waals surface area contributed by atoms with Gasteiger partial charge >= 0.3 is 0 Å². The largest absolute Gasteiger partial charge is 0.497 e. The Morgan fingerprint density at radius 3 is 2.75 bits per heavy atom. The minimum Gasteiger partial charge on any atom is -0.497 e. The van der Waals surface area contributed by atoms with Gasteiger partial charge in [-0.3, -0.25) is 10.00 Å². The summed E-state index contributed by atoms with van der Waals surface area (Å²) in [6.45, 7) is 7.42. The van der Waals surface area contributed by atoms with Crippen molar-refractivity contribution in [2.45, 2.75) is 45.2 Å². The first kappa shape index (κ1) is 22.9. The van der Waals surface area contributed by atoms with Gasteiger partial charge in [0, 0.05) is 36.1 Å². The second kappa shape index (κ2) is 9.85. The van der Waals surface area contributed by atoms with E-state index in [-0.39, 0.29) is 0 Å². The van der Waals surface area contributed by atoms with Crippen molar-refractivity contribution in [3.8, 4) is 17.0 Å². The zero-order valence-corrected chi connectivity index (χ0v) is 21.0. The number of fused-ring (bicyclic) bond motifs is 1. The molecule has 2 fully saturated rings. The molecule has 1 N–H and O–H groups in total. The van der Waals surface area contributed by atoms with Gasteiger partial charge in [0.2, 0.25) is 0 Å². The molecule has 0 saturated carbocycles. The van der Waals surface area contributed by atoms with Crippen molar-refractivity contribution < 1.29 is 4.74 Å². The number of aromatic amines is 1. The van der Waals surface area contributed by atoms with Crippen LogP contribution in [0.15, 0.2) is 36.7 Å². The van der Waals surface area contributed by atoms with Crippen molar-refractivity contribution in [2.24, 2.45) is 5.92 Å². The van der Waals surface area contributed by atoms with E-state index in [9.17, 15) is 0 Å². The van der Waals surface area contributed by atoms with Crippen LogP contribution in [-0.4, -0.2) is 79.6 Å². The Kier molecular flexibility index (Phi) is 6.27. The van der Waals surface area contributed by atoms with Gasteiger partial charge in [0.1, 0.15) is 11.4 Å². The number of aromatic nitrogens is 7. The van der Waals surface area contributed by atoms with Gasteiger partial charge in [-0.1, -0.05) is 12.1 Å². The third-order valence-electron chi connectivity index (χ3n) is 7.67. The summed E-state index contributed by atoms with van der Waals surface area (Å²) in [6, 6.07) is 8.65. The molecule has 10 heteroatoms. The molecule has 2 aliphatic rings. The monoisotopic (exact) mass is 487 g/mol. The van der Waals surface area contributed by atoms with Crippen molar-refractivity contribution in [1.82, 2.24) is 40.3 Å². The van der Waals surface area contributed by atoms with Gasteiger partial charge in [0.05, 0.1) is 37.3 Å². The van der Waals surface area contributed by atoms with Crippen molar-refractivity contribution in [3.05, 3.63) is 42.4 Å². The van der Waals surface area contributed by atoms with E-state index in [0.29, 0.717) is 12.6 Å². The fourth-order valence-corrected chi connectivity index (χ4v) is 5.48. The lowest BCUT2D eigenvalue weighted by Gasteiger charge is -2.42. The van der Waals surface area contributed by atoms with Crippen molar-refractivity contribution in [2.75, 3.05) is 38.2 Å². The topological polar surface area (TPSA) is 101 Å². The van der Waals surface area contributed by atoms with Crippen molar-refractivity contribution >= 4 is 16.7 Å². The molecule has 188 valence electrons. The quantitative estimate of drug-likeness (QED) is 0.442. The highest BCUT2D eigenvalue weighted by Gasteiger charge is 2.28. The highest BCUT2D eigenvalue weighted by molar-refractivity contribution is 5.94. The summed E-state index contributed by atoms with van der Waals surface area (Å²) in [5.41, 5.74) is 3.44. The second-order valence-electron chi connectivity index (χ2n) is 10.2. The Morgan fingerprint density at radius 1 is 1.06 bits per heavy atom. The summed E-state index contributed by atoms with van der Waals surface area (Å²) in [6.07, 6.45) is 8.84. The molecule has 0 radical (unpaired) electrons. The fourth-order valence-electron chi connectivity index (χ4n) is 5.48. The predicted octanol–water partition coefficient (Wildman–Crippen LogP) is 3.37. The third-order valence-corrected chi connectivity index (χ3v) is 7.67. The van der Waals surface area contributed by atoms with E-state index in [0.717, 1.165) is 58.4 Å². The number of rotatable bonds is 6. The van der Waals surface area contributed by atoms with Gasteiger partial charge in [0.25, 0.3) is 0 Å². The van der Waals surface area contributed by atoms with Crippen LogP contribution in [0.5, 0.6) is 5.75 Å². The summed E-state index contributed by atoms with van der Waals surface area (Å²) in [5, 5.41) is 25.9. The molecule has 0 spiro atoms. The maximum Gasteiger partial charge on any atom is 0.151 e. The Morgan fingerprint density at radius 2 is 1.94 bits per heavy atom. The van der Waals surface area contributed by atoms with Gasteiger partial charge in [-0.2, -0.15) is 10.2 Å². The van der Waals surface area contributed by atoms with Gasteiger partial charge in [-0.25, -0.2) is 4.68 Å². The van der Waals surface area contributed by atoms with Crippen LogP contribution in [0.4, 0.5) is 5.82 Å². The van der Waals surface area contributed by atoms with E-state index in [1.165, 1.54) is 38.8 Å². The Labute approximate surface area is 210 Å². The average molecular weight is 488 g/mol. The maximum absolute atomic E-state index is 5.43. The lowest BCUT2D eigenvalue weighted by molar-refractivity contribution is 0.125. The molecule has 1 aromatic carbocycles. The highest BCUT2D eigenvalue weighted by Crippen LogP contribution is 2.31. The first-order chi connectivity index (χ1) is 17.7. The molecule has 4 aromatic rings. The number of H-pyrrole nitrogens is 1. The molecule has 0 aliphatic carbocycles. The number of nitrogens with one attached hydrogen (secondary N) is 1. The predicted molar refractivity (Wildman–Crippen MR) is 138 cm³/mol. The van der Waals surface area contributed by atoms with Crippen LogP contribution >= 0.6 is 0 Å². The van der Waals surface area contributed by atoms with Crippen molar-refractivity contribution in [1.29, 1.82) is 0 Å². The van der Waals surface area contributed by atoms with Crippen LogP contribution in [0.3, 0.4) is 0 Å². The molecule has 1 unspecified atom stereocenters. The molecule has 2 aliphatic heterocycles. The lowest BCUT2D eigenvalue weighted by atomic mass is 9.95. The fraction of sp³-hybridized carbons (Fsp3) is 0.500. The Bertz CT molecular complexity index is 1310. The van der Waals surface area contributed by atoms with E-state index in [2.05, 4.69) is 59.6 Å². The minimum absolute atomic E-state index is 0.507. The van der Waals surface area contributed by atoms with Crippen LogP contribution in [0.1, 0.15) is 38.3 Å². The van der Waals surface area contributed by atoms with Crippen LogP contribution < -0.4 is 9.64 Å². The van der Waals surface area contributed by atoms with Gasteiger partial charge in [0.15, 0.2) is 5.82 Å². The SMILES string of the molecule is COc1cc(-c2cn(Cc3ccc(N4CCCC(N5CCC(C)CC5)C4)nn3)nn2)c2cn[nH]c2c1. The summed E-state index contributed by atoms with van der Waals surface area (Å²) >= 11 is 0. The Balaban J connectivity index is 1.13. The average Bonchev–Trinajstić information content (AvgIpc) is 3.59. The summed E-state index contributed by atoms with van der Waals surface area (Å²) in [5.74, 6) is 2.57. The minimum atomic E-state index is 0.507. The second-order valence-corrected chi connectivity index (χ2v) is 10.2. The molecule has 6 rings (SSSR count). The smallest absolute Gasteiger partial charge is 0.151 e. The van der Waals surface area contributed by atoms with E-state index in [1.54, 1.807) is 18.0 Å². The van der Waals surface area contributed by atoms with E-state index in [1.807, 2.05) is 18.3 Å². The third kappa shape index (κ3) is 4.65. The number of likely N-dealkylation sites (tertiary alicyclic amines) is 1. The van der Waals surface area contributed by atoms with E-state index >= 15 is 0 Å². The Hall–Kier alpha value is -3.53. The van der Waals surface area contributed by atoms with Crippen LogP contribution in [0.25, 0.3) is 22.2 Å². The molecule has 0 amide bonds.